The second-order valence-electron chi connectivity index (χ2n) is 19.4. The third-order valence-corrected chi connectivity index (χ3v) is 14.8. The number of carbonyl (C=O) groups is 5. The molecule has 312 valence electrons. The van der Waals surface area contributed by atoms with E-state index < -0.39 is 35.2 Å². The summed E-state index contributed by atoms with van der Waals surface area (Å²) in [7, 11) is 0. The molecule has 0 unspecified atom stereocenters. The summed E-state index contributed by atoms with van der Waals surface area (Å²) in [4.78, 5) is 66.1. The fourth-order valence-corrected chi connectivity index (χ4v) is 12.0. The van der Waals surface area contributed by atoms with E-state index in [0.29, 0.717) is 57.1 Å². The summed E-state index contributed by atoms with van der Waals surface area (Å²) in [5.41, 5.74) is 0.432. The summed E-state index contributed by atoms with van der Waals surface area (Å²) in [6.45, 7) is 24.9. The Morgan fingerprint density at radius 2 is 1.33 bits per heavy atom. The number of ether oxygens (including phenoxy) is 4. The van der Waals surface area contributed by atoms with Gasteiger partial charge in [-0.3, -0.25) is 24.0 Å². The summed E-state index contributed by atoms with van der Waals surface area (Å²) in [5.74, 6) is -0.787. The van der Waals surface area contributed by atoms with E-state index in [0.717, 1.165) is 32.1 Å². The number of carbonyl (C=O) groups excluding carboxylic acids is 5. The summed E-state index contributed by atoms with van der Waals surface area (Å²) < 4.78 is 24.9. The minimum Gasteiger partial charge on any atom is -0.462 e. The van der Waals surface area contributed by atoms with Gasteiger partial charge in [0.05, 0.1) is 0 Å². The number of Topliss-reactive ketones (excluding diaryl/α,β-unsaturated/α-hetero) is 1. The number of fused-ring (bicyclic) bond motifs is 5. The van der Waals surface area contributed by atoms with Crippen LogP contribution in [0.15, 0.2) is 11.1 Å². The van der Waals surface area contributed by atoms with Gasteiger partial charge in [0.2, 0.25) is 0 Å². The predicted molar refractivity (Wildman–Crippen MR) is 213 cm³/mol. The van der Waals surface area contributed by atoms with E-state index in [-0.39, 0.29) is 71.3 Å². The Morgan fingerprint density at radius 1 is 0.764 bits per heavy atom. The van der Waals surface area contributed by atoms with E-state index in [1.807, 2.05) is 27.7 Å². The van der Waals surface area contributed by atoms with Crippen LogP contribution in [0.25, 0.3) is 0 Å². The van der Waals surface area contributed by atoms with Crippen LogP contribution in [0.4, 0.5) is 0 Å². The van der Waals surface area contributed by atoms with Gasteiger partial charge >= 0.3 is 23.9 Å². The Balaban J connectivity index is 1.80. The lowest BCUT2D eigenvalue weighted by Gasteiger charge is -2.69. The molecule has 0 radical (unpaired) electrons. The van der Waals surface area contributed by atoms with Gasteiger partial charge in [0.25, 0.3) is 0 Å². The van der Waals surface area contributed by atoms with E-state index in [1.165, 1.54) is 11.1 Å². The maximum Gasteiger partial charge on any atom is 0.306 e. The highest BCUT2D eigenvalue weighted by Crippen LogP contribution is 2.74. The van der Waals surface area contributed by atoms with E-state index in [2.05, 4.69) is 41.5 Å². The molecule has 0 amide bonds. The van der Waals surface area contributed by atoms with Crippen LogP contribution in [0.1, 0.15) is 186 Å². The molecule has 0 aliphatic heterocycles. The van der Waals surface area contributed by atoms with Crippen LogP contribution in [-0.4, -0.2) is 53.6 Å². The lowest BCUT2D eigenvalue weighted by atomic mass is 9.36. The van der Waals surface area contributed by atoms with Crippen LogP contribution < -0.4 is 0 Å². The summed E-state index contributed by atoms with van der Waals surface area (Å²) in [6, 6.07) is 0. The van der Waals surface area contributed by atoms with Gasteiger partial charge in [-0.1, -0.05) is 80.4 Å². The lowest BCUT2D eigenvalue weighted by Crippen LogP contribution is -2.66. The van der Waals surface area contributed by atoms with Crippen LogP contribution in [0.2, 0.25) is 0 Å². The first-order valence-electron chi connectivity index (χ1n) is 21.7. The molecule has 9 nitrogen and oxygen atoms in total. The second-order valence-corrected chi connectivity index (χ2v) is 19.4. The number of hydrogen-bond acceptors (Lipinski definition) is 9. The largest absolute Gasteiger partial charge is 0.462 e. The molecular formula is C46H74O9. The van der Waals surface area contributed by atoms with Gasteiger partial charge in [0.1, 0.15) is 23.6 Å². The maximum absolute atomic E-state index is 13.4. The molecule has 55 heavy (non-hydrogen) atoms. The van der Waals surface area contributed by atoms with Crippen molar-refractivity contribution in [1.29, 1.82) is 0 Å². The molecule has 4 aliphatic carbocycles. The molecule has 0 aromatic rings. The third-order valence-electron chi connectivity index (χ3n) is 14.8. The smallest absolute Gasteiger partial charge is 0.306 e. The topological polar surface area (TPSA) is 122 Å². The van der Waals surface area contributed by atoms with E-state index in [1.54, 1.807) is 13.8 Å². The normalized spacial score (nSPS) is 31.6. The molecular weight excluding hydrogens is 696 g/mol. The molecule has 4 rings (SSSR count). The Labute approximate surface area is 332 Å². The molecule has 0 bridgehead atoms. The standard InChI is InChI=1S/C46H74O9/c1-13-17-36(48)52-32-28-31-30(21-25-45(31,11)46(12)26-22-34-42(6,7)35(47)23-24-44(34,10)40(32)46)29(5)27-33(53-37(49)18-14-2)41(54-38(50)19-15-3)43(8,9)55-39(51)20-16-4/h29,32-34,40-41H,13-28H2,1-12H3/t29-,32+,33+,34+,40+,41-,44+,45+,46+/m1/s1. The first kappa shape index (κ1) is 45.0. The number of hydrogen-bond donors (Lipinski definition) is 0. The number of esters is 4. The molecule has 4 aliphatic rings. The zero-order valence-corrected chi connectivity index (χ0v) is 36.5. The van der Waals surface area contributed by atoms with E-state index in [4.69, 9.17) is 18.9 Å². The molecule has 0 aromatic carbocycles. The van der Waals surface area contributed by atoms with Crippen molar-refractivity contribution < 1.29 is 42.9 Å². The van der Waals surface area contributed by atoms with Crippen molar-refractivity contribution in [2.24, 2.45) is 39.4 Å². The zero-order chi connectivity index (χ0) is 41.1. The highest BCUT2D eigenvalue weighted by Gasteiger charge is 2.70. The first-order valence-corrected chi connectivity index (χ1v) is 21.7. The number of ketones is 1. The van der Waals surface area contributed by atoms with Crippen molar-refractivity contribution in [3.05, 3.63) is 11.1 Å². The molecule has 9 heteroatoms. The van der Waals surface area contributed by atoms with Crippen molar-refractivity contribution >= 4 is 29.7 Å². The highest BCUT2D eigenvalue weighted by molar-refractivity contribution is 5.85. The van der Waals surface area contributed by atoms with E-state index in [9.17, 15) is 24.0 Å². The second kappa shape index (κ2) is 17.4. The minimum atomic E-state index is -1.26. The number of rotatable bonds is 17. The third kappa shape index (κ3) is 8.76. The van der Waals surface area contributed by atoms with Gasteiger partial charge in [-0.05, 0) is 106 Å². The van der Waals surface area contributed by atoms with Crippen molar-refractivity contribution in [1.82, 2.24) is 0 Å². The van der Waals surface area contributed by atoms with Gasteiger partial charge in [-0.15, -0.1) is 0 Å². The summed E-state index contributed by atoms with van der Waals surface area (Å²) >= 11 is 0. The molecule has 0 spiro atoms. The van der Waals surface area contributed by atoms with Crippen molar-refractivity contribution in [3.8, 4) is 0 Å². The first-order chi connectivity index (χ1) is 25.7. The maximum atomic E-state index is 13.4. The Kier molecular flexibility index (Phi) is 14.3. The highest BCUT2D eigenvalue weighted by atomic mass is 16.6. The quantitative estimate of drug-likeness (QED) is 0.0808. The Hall–Kier alpha value is -2.71. The lowest BCUT2D eigenvalue weighted by molar-refractivity contribution is -0.218. The Morgan fingerprint density at radius 3 is 1.93 bits per heavy atom. The molecule has 0 N–H and O–H groups in total. The molecule has 9 atom stereocenters. The van der Waals surface area contributed by atoms with Gasteiger partial charge < -0.3 is 18.9 Å². The van der Waals surface area contributed by atoms with Gasteiger partial charge in [0.15, 0.2) is 6.10 Å². The zero-order valence-electron chi connectivity index (χ0n) is 36.5. The van der Waals surface area contributed by atoms with E-state index >= 15 is 0 Å². The van der Waals surface area contributed by atoms with Crippen LogP contribution in [-0.2, 0) is 42.9 Å². The van der Waals surface area contributed by atoms with Crippen LogP contribution in [0.5, 0.6) is 0 Å². The summed E-state index contributed by atoms with van der Waals surface area (Å²) in [6.07, 6.45) is 7.42. The SMILES string of the molecule is CCCC(=O)O[C@@H](C[C@@H](C)C1=C2C[C@H](OC(=O)CCC)[C@H]3[C@@]4(C)CCC(=O)C(C)(C)[C@@H]4CC[C@]3(C)[C@@]2(C)CC1)[C@@H](OC(=O)CCC)C(C)(C)OC(=O)CCC. The minimum absolute atomic E-state index is 0.0731. The van der Waals surface area contributed by atoms with Crippen LogP contribution in [0, 0.1) is 39.4 Å². The van der Waals surface area contributed by atoms with Gasteiger partial charge in [-0.2, -0.15) is 0 Å². The van der Waals surface area contributed by atoms with Crippen molar-refractivity contribution in [2.75, 3.05) is 0 Å². The van der Waals surface area contributed by atoms with Crippen molar-refractivity contribution in [2.45, 2.75) is 210 Å². The fourth-order valence-electron chi connectivity index (χ4n) is 12.0. The fraction of sp³-hybridized carbons (Fsp3) is 0.848. The Bertz CT molecular complexity index is 1470. The molecule has 0 aromatic heterocycles. The number of allylic oxidation sites excluding steroid dienone is 1. The van der Waals surface area contributed by atoms with Crippen LogP contribution >= 0.6 is 0 Å². The van der Waals surface area contributed by atoms with Gasteiger partial charge in [-0.25, -0.2) is 0 Å². The van der Waals surface area contributed by atoms with Gasteiger partial charge in [0, 0.05) is 49.9 Å². The molecule has 3 saturated carbocycles. The molecule has 0 heterocycles. The predicted octanol–water partition coefficient (Wildman–Crippen LogP) is 10.2. The molecule has 0 saturated heterocycles. The summed E-state index contributed by atoms with van der Waals surface area (Å²) in [5, 5.41) is 0. The molecule has 3 fully saturated rings. The average Bonchev–Trinajstić information content (AvgIpc) is 3.43. The monoisotopic (exact) mass is 771 g/mol. The average molecular weight is 771 g/mol. The van der Waals surface area contributed by atoms with Crippen molar-refractivity contribution in [3.63, 3.8) is 0 Å². The van der Waals surface area contributed by atoms with Crippen LogP contribution in [0.3, 0.4) is 0 Å².